The minimum Gasteiger partial charge on any atom is -0.493 e. The number of carbonyl (C=O) groups excluding carboxylic acids is 2. The first-order valence-corrected chi connectivity index (χ1v) is 16.8. The van der Waals surface area contributed by atoms with E-state index in [0.717, 1.165) is 25.9 Å². The molecule has 49 heavy (non-hydrogen) atoms. The standard InChI is InChI=1S/C37H34Cl2FN3O6/c1-46-31-9-7-22(15-33(31)47-2)32(16-27-28(38)17-41-18-29(27)39)48-36(44)23-6-8-25-24(14-23)19-43(35-26(25)4-3-5-30(35)40)37(45)49-34-20-42-12-10-21(34)11-13-42/h3-9,14-15,17-18,21,32,34H,10-13,16,19-20H2,1-2H3/t32-,34-/m0/s1. The molecule has 4 aromatic rings. The molecule has 5 heterocycles. The number of para-hydroxylation sites is 1. The van der Waals surface area contributed by atoms with Gasteiger partial charge in [-0.15, -0.1) is 0 Å². The second-order valence-corrected chi connectivity index (χ2v) is 13.3. The van der Waals surface area contributed by atoms with Crippen LogP contribution in [0.25, 0.3) is 11.1 Å². The van der Waals surface area contributed by atoms with Crippen LogP contribution in [0.3, 0.4) is 0 Å². The minimum absolute atomic E-state index is 0.0195. The molecule has 4 aliphatic rings. The van der Waals surface area contributed by atoms with Crippen LogP contribution in [0, 0.1) is 11.7 Å². The van der Waals surface area contributed by atoms with Gasteiger partial charge in [0.25, 0.3) is 0 Å². The molecule has 0 spiro atoms. The van der Waals surface area contributed by atoms with Crippen molar-refractivity contribution in [2.75, 3.05) is 38.8 Å². The molecule has 2 atom stereocenters. The molecule has 3 saturated heterocycles. The number of hydrogen-bond acceptors (Lipinski definition) is 8. The summed E-state index contributed by atoms with van der Waals surface area (Å²) in [7, 11) is 3.06. The molecule has 0 saturated carbocycles. The number of pyridine rings is 1. The number of ether oxygens (including phenoxy) is 4. The monoisotopic (exact) mass is 705 g/mol. The summed E-state index contributed by atoms with van der Waals surface area (Å²) in [5, 5.41) is 0.665. The molecule has 2 bridgehead atoms. The number of hydrogen-bond donors (Lipinski definition) is 0. The average molecular weight is 707 g/mol. The van der Waals surface area contributed by atoms with E-state index in [1.807, 2.05) is 0 Å². The van der Waals surface area contributed by atoms with E-state index in [1.165, 1.54) is 37.6 Å². The molecule has 3 fully saturated rings. The molecule has 0 radical (unpaired) electrons. The van der Waals surface area contributed by atoms with E-state index >= 15 is 4.39 Å². The highest BCUT2D eigenvalue weighted by Gasteiger charge is 2.39. The van der Waals surface area contributed by atoms with Crippen LogP contribution >= 0.6 is 23.2 Å². The summed E-state index contributed by atoms with van der Waals surface area (Å²) in [6.45, 7) is 2.70. The van der Waals surface area contributed by atoms with Crippen molar-refractivity contribution >= 4 is 41.0 Å². The van der Waals surface area contributed by atoms with E-state index in [4.69, 9.17) is 42.1 Å². The number of halogens is 3. The smallest absolute Gasteiger partial charge is 0.415 e. The van der Waals surface area contributed by atoms with Crippen molar-refractivity contribution in [3.05, 3.63) is 105 Å². The second-order valence-electron chi connectivity index (χ2n) is 12.4. The number of benzene rings is 3. The number of nitrogens with zero attached hydrogens (tertiary/aromatic N) is 3. The summed E-state index contributed by atoms with van der Waals surface area (Å²) in [5.41, 5.74) is 3.51. The Morgan fingerprint density at radius 3 is 2.41 bits per heavy atom. The van der Waals surface area contributed by atoms with Crippen LogP contribution in [0.15, 0.2) is 67.0 Å². The first-order valence-electron chi connectivity index (χ1n) is 16.1. The van der Waals surface area contributed by atoms with Gasteiger partial charge in [0.1, 0.15) is 18.0 Å². The molecule has 0 N–H and O–H groups in total. The van der Waals surface area contributed by atoms with Gasteiger partial charge in [0.05, 0.1) is 42.1 Å². The number of methoxy groups -OCH3 is 2. The molecule has 1 amide bonds. The molecule has 254 valence electrons. The Labute approximate surface area is 293 Å². The van der Waals surface area contributed by atoms with Gasteiger partial charge in [-0.05, 0) is 84.4 Å². The van der Waals surface area contributed by atoms with Crippen LogP contribution in [0.5, 0.6) is 11.5 Å². The fraction of sp³-hybridized carbons (Fsp3) is 0.324. The van der Waals surface area contributed by atoms with Gasteiger partial charge in [0, 0.05) is 30.9 Å². The van der Waals surface area contributed by atoms with Gasteiger partial charge < -0.3 is 18.9 Å². The highest BCUT2D eigenvalue weighted by molar-refractivity contribution is 6.35. The summed E-state index contributed by atoms with van der Waals surface area (Å²) in [6.07, 6.45) is 3.37. The fourth-order valence-corrected chi connectivity index (χ4v) is 7.58. The number of aromatic nitrogens is 1. The lowest BCUT2D eigenvalue weighted by molar-refractivity contribution is -0.0312. The van der Waals surface area contributed by atoms with Gasteiger partial charge in [-0.2, -0.15) is 0 Å². The van der Waals surface area contributed by atoms with E-state index < -0.39 is 24.0 Å². The Hall–Kier alpha value is -4.38. The van der Waals surface area contributed by atoms with E-state index in [1.54, 1.807) is 48.5 Å². The number of carbonyl (C=O) groups is 2. The van der Waals surface area contributed by atoms with Crippen LogP contribution in [-0.2, 0) is 22.4 Å². The van der Waals surface area contributed by atoms with Gasteiger partial charge in [-0.3, -0.25) is 14.8 Å². The topological polar surface area (TPSA) is 90.4 Å². The van der Waals surface area contributed by atoms with Gasteiger partial charge in [-0.25, -0.2) is 14.0 Å². The predicted molar refractivity (Wildman–Crippen MR) is 183 cm³/mol. The predicted octanol–water partition coefficient (Wildman–Crippen LogP) is 7.90. The average Bonchev–Trinajstić information content (AvgIpc) is 3.12. The molecular formula is C37H34Cl2FN3O6. The number of piperidine rings is 3. The number of rotatable bonds is 8. The third-order valence-electron chi connectivity index (χ3n) is 9.66. The van der Waals surface area contributed by atoms with Crippen molar-refractivity contribution in [3.63, 3.8) is 0 Å². The van der Waals surface area contributed by atoms with Crippen molar-refractivity contribution in [2.24, 2.45) is 5.92 Å². The van der Waals surface area contributed by atoms with Gasteiger partial charge in [0.2, 0.25) is 0 Å². The van der Waals surface area contributed by atoms with Crippen LogP contribution < -0.4 is 14.4 Å². The molecule has 9 nitrogen and oxygen atoms in total. The van der Waals surface area contributed by atoms with Crippen LogP contribution in [0.1, 0.15) is 46.0 Å². The van der Waals surface area contributed by atoms with E-state index in [9.17, 15) is 9.59 Å². The molecule has 4 aliphatic heterocycles. The van der Waals surface area contributed by atoms with Crippen molar-refractivity contribution in [1.29, 1.82) is 0 Å². The zero-order valence-corrected chi connectivity index (χ0v) is 28.5. The van der Waals surface area contributed by atoms with Crippen molar-refractivity contribution in [2.45, 2.75) is 38.0 Å². The lowest BCUT2D eigenvalue weighted by Gasteiger charge is -2.44. The zero-order chi connectivity index (χ0) is 34.2. The Kier molecular flexibility index (Phi) is 9.37. The summed E-state index contributed by atoms with van der Waals surface area (Å²) in [6, 6.07) is 15.0. The lowest BCUT2D eigenvalue weighted by Crippen LogP contribution is -2.53. The Morgan fingerprint density at radius 2 is 1.71 bits per heavy atom. The van der Waals surface area contributed by atoms with Gasteiger partial charge in [-0.1, -0.05) is 47.5 Å². The van der Waals surface area contributed by atoms with E-state index in [2.05, 4.69) is 9.88 Å². The zero-order valence-electron chi connectivity index (χ0n) is 27.0. The third kappa shape index (κ3) is 6.52. The molecule has 8 rings (SSSR count). The van der Waals surface area contributed by atoms with Crippen molar-refractivity contribution < 1.29 is 32.9 Å². The summed E-state index contributed by atoms with van der Waals surface area (Å²) < 4.78 is 38.5. The molecule has 3 aromatic carbocycles. The lowest BCUT2D eigenvalue weighted by atomic mass is 9.86. The van der Waals surface area contributed by atoms with E-state index in [-0.39, 0.29) is 30.3 Å². The van der Waals surface area contributed by atoms with Gasteiger partial charge >= 0.3 is 12.1 Å². The second kappa shape index (κ2) is 13.9. The number of esters is 1. The Morgan fingerprint density at radius 1 is 0.959 bits per heavy atom. The van der Waals surface area contributed by atoms with Crippen LogP contribution in [0.4, 0.5) is 14.9 Å². The first kappa shape index (κ1) is 33.1. The fourth-order valence-electron chi connectivity index (χ4n) is 7.06. The van der Waals surface area contributed by atoms with Crippen molar-refractivity contribution in [1.82, 2.24) is 9.88 Å². The highest BCUT2D eigenvalue weighted by Crippen LogP contribution is 2.42. The molecular weight excluding hydrogens is 672 g/mol. The summed E-state index contributed by atoms with van der Waals surface area (Å²) >= 11 is 12.9. The maximum Gasteiger partial charge on any atom is 0.415 e. The summed E-state index contributed by atoms with van der Waals surface area (Å²) in [4.78, 5) is 35.2. The maximum atomic E-state index is 15.4. The van der Waals surface area contributed by atoms with E-state index in [0.29, 0.717) is 61.8 Å². The Bertz CT molecular complexity index is 1900. The molecule has 1 aromatic heterocycles. The quantitative estimate of drug-likeness (QED) is 0.171. The summed E-state index contributed by atoms with van der Waals surface area (Å²) in [5.74, 6) is 0.124. The largest absolute Gasteiger partial charge is 0.493 e. The normalized spacial score (nSPS) is 19.8. The molecule has 0 unspecified atom stereocenters. The molecule has 0 aliphatic carbocycles. The highest BCUT2D eigenvalue weighted by atomic mass is 35.5. The van der Waals surface area contributed by atoms with Crippen molar-refractivity contribution in [3.8, 4) is 22.6 Å². The maximum absolute atomic E-state index is 15.4. The number of fused-ring (bicyclic) bond motifs is 6. The first-order chi connectivity index (χ1) is 23.7. The molecule has 12 heteroatoms. The minimum atomic E-state index is -0.830. The number of amides is 1. The van der Waals surface area contributed by atoms with Crippen LogP contribution in [0.2, 0.25) is 10.0 Å². The van der Waals surface area contributed by atoms with Crippen LogP contribution in [-0.4, -0.2) is 61.9 Å². The number of anilines is 1. The Balaban J connectivity index is 1.19. The van der Waals surface area contributed by atoms with Gasteiger partial charge in [0.15, 0.2) is 11.5 Å². The SMILES string of the molecule is COc1ccc([C@H](Cc2c(Cl)cncc2Cl)OC(=O)c2ccc3c(c2)CN(C(=O)O[C@H]2CN4CCC2CC4)c2c(F)cccc2-3)cc1OC. The third-order valence-corrected chi connectivity index (χ3v) is 10.3.